The van der Waals surface area contributed by atoms with E-state index in [0.29, 0.717) is 17.0 Å². The summed E-state index contributed by atoms with van der Waals surface area (Å²) in [5.74, 6) is 0.676. The summed E-state index contributed by atoms with van der Waals surface area (Å²) in [4.78, 5) is 8.62. The van der Waals surface area contributed by atoms with Gasteiger partial charge >= 0.3 is 0 Å². The van der Waals surface area contributed by atoms with Gasteiger partial charge in [0, 0.05) is 17.1 Å². The van der Waals surface area contributed by atoms with Crippen molar-refractivity contribution in [1.82, 2.24) is 9.97 Å². The zero-order valence-electron chi connectivity index (χ0n) is 9.15. The Morgan fingerprint density at radius 2 is 2.24 bits per heavy atom. The normalized spacial score (nSPS) is 13.7. The Bertz CT molecular complexity index is 541. The Labute approximate surface area is 108 Å². The third-order valence-corrected chi connectivity index (χ3v) is 3.82. The Hall–Kier alpha value is -1.13. The van der Waals surface area contributed by atoms with Gasteiger partial charge in [0.1, 0.15) is 6.61 Å². The minimum absolute atomic E-state index is 0.426. The van der Waals surface area contributed by atoms with Crippen molar-refractivity contribution in [1.29, 1.82) is 0 Å². The molecule has 0 N–H and O–H groups in total. The summed E-state index contributed by atoms with van der Waals surface area (Å²) in [5.41, 5.74) is 3.38. The minimum Gasteiger partial charge on any atom is -0.471 e. The number of aromatic nitrogens is 2. The third-order valence-electron chi connectivity index (χ3n) is 2.79. The van der Waals surface area contributed by atoms with Crippen LogP contribution in [0.5, 0.6) is 5.88 Å². The molecule has 0 saturated carbocycles. The van der Waals surface area contributed by atoms with Crippen LogP contribution in [-0.2, 0) is 19.4 Å². The van der Waals surface area contributed by atoms with Crippen LogP contribution in [0.1, 0.15) is 23.4 Å². The number of ether oxygens (including phenoxy) is 1. The molecule has 1 aliphatic rings. The fourth-order valence-electron chi connectivity index (χ4n) is 1.98. The Balaban J connectivity index is 1.69. The maximum Gasteiger partial charge on any atom is 0.213 e. The van der Waals surface area contributed by atoms with Crippen LogP contribution in [0.25, 0.3) is 0 Å². The molecule has 3 nitrogen and oxygen atoms in total. The SMILES string of the molecule is Clc1nc(COc2ccc3c(n2)CCC3)cs1. The molecule has 0 fully saturated rings. The number of rotatable bonds is 3. The van der Waals surface area contributed by atoms with E-state index in [2.05, 4.69) is 16.0 Å². The number of halogens is 1. The van der Waals surface area contributed by atoms with Crippen molar-refractivity contribution >= 4 is 22.9 Å². The molecule has 0 bridgehead atoms. The van der Waals surface area contributed by atoms with Crippen molar-refractivity contribution in [2.45, 2.75) is 25.9 Å². The molecule has 0 atom stereocenters. The van der Waals surface area contributed by atoms with Gasteiger partial charge in [-0.05, 0) is 24.8 Å². The summed E-state index contributed by atoms with van der Waals surface area (Å²) < 4.78 is 6.15. The molecule has 0 radical (unpaired) electrons. The van der Waals surface area contributed by atoms with Crippen molar-refractivity contribution in [3.8, 4) is 5.88 Å². The summed E-state index contributed by atoms with van der Waals surface area (Å²) in [5, 5.41) is 1.90. The predicted molar refractivity (Wildman–Crippen MR) is 67.7 cm³/mol. The summed E-state index contributed by atoms with van der Waals surface area (Å²) in [6.45, 7) is 0.426. The van der Waals surface area contributed by atoms with Crippen molar-refractivity contribution in [2.75, 3.05) is 0 Å². The first-order valence-corrected chi connectivity index (χ1v) is 6.78. The van der Waals surface area contributed by atoms with Gasteiger partial charge in [0.25, 0.3) is 0 Å². The molecule has 88 valence electrons. The quantitative estimate of drug-likeness (QED) is 0.855. The maximum atomic E-state index is 5.76. The topological polar surface area (TPSA) is 35.0 Å². The van der Waals surface area contributed by atoms with E-state index in [1.165, 1.54) is 29.0 Å². The molecule has 0 spiro atoms. The molecule has 0 unspecified atom stereocenters. The van der Waals surface area contributed by atoms with Gasteiger partial charge in [-0.3, -0.25) is 0 Å². The van der Waals surface area contributed by atoms with E-state index in [-0.39, 0.29) is 0 Å². The van der Waals surface area contributed by atoms with E-state index in [9.17, 15) is 0 Å². The lowest BCUT2D eigenvalue weighted by Crippen LogP contribution is -1.99. The fourth-order valence-corrected chi connectivity index (χ4v) is 2.74. The van der Waals surface area contributed by atoms with Crippen LogP contribution in [-0.4, -0.2) is 9.97 Å². The van der Waals surface area contributed by atoms with Crippen LogP contribution >= 0.6 is 22.9 Å². The summed E-state index contributed by atoms with van der Waals surface area (Å²) >= 11 is 7.17. The Morgan fingerprint density at radius 1 is 1.29 bits per heavy atom. The van der Waals surface area contributed by atoms with E-state index in [1.54, 1.807) is 0 Å². The van der Waals surface area contributed by atoms with Crippen molar-refractivity contribution in [3.05, 3.63) is 38.9 Å². The van der Waals surface area contributed by atoms with Crippen LogP contribution in [0.4, 0.5) is 0 Å². The number of aryl methyl sites for hydroxylation is 2. The lowest BCUT2D eigenvalue weighted by atomic mass is 10.2. The fraction of sp³-hybridized carbons (Fsp3) is 0.333. The Kier molecular flexibility index (Phi) is 2.99. The zero-order chi connectivity index (χ0) is 11.7. The van der Waals surface area contributed by atoms with Gasteiger partial charge in [-0.2, -0.15) is 0 Å². The molecule has 5 heteroatoms. The smallest absolute Gasteiger partial charge is 0.213 e. The number of nitrogens with zero attached hydrogens (tertiary/aromatic N) is 2. The van der Waals surface area contributed by atoms with Gasteiger partial charge in [-0.25, -0.2) is 9.97 Å². The van der Waals surface area contributed by atoms with E-state index in [1.807, 2.05) is 11.4 Å². The molecular formula is C12H11ClN2OS. The Morgan fingerprint density at radius 3 is 3.06 bits per heavy atom. The van der Waals surface area contributed by atoms with Gasteiger partial charge in [-0.1, -0.05) is 17.7 Å². The minimum atomic E-state index is 0.426. The molecule has 3 rings (SSSR count). The molecule has 0 saturated heterocycles. The van der Waals surface area contributed by atoms with Gasteiger partial charge in [0.15, 0.2) is 4.47 Å². The first-order valence-electron chi connectivity index (χ1n) is 5.53. The van der Waals surface area contributed by atoms with Crippen molar-refractivity contribution < 1.29 is 4.74 Å². The molecule has 2 aromatic heterocycles. The molecular weight excluding hydrogens is 256 g/mol. The summed E-state index contributed by atoms with van der Waals surface area (Å²) in [6.07, 6.45) is 3.41. The van der Waals surface area contributed by atoms with Crippen LogP contribution in [0.3, 0.4) is 0 Å². The molecule has 17 heavy (non-hydrogen) atoms. The molecule has 2 aromatic rings. The van der Waals surface area contributed by atoms with E-state index >= 15 is 0 Å². The monoisotopic (exact) mass is 266 g/mol. The van der Waals surface area contributed by atoms with Gasteiger partial charge in [0.2, 0.25) is 5.88 Å². The second kappa shape index (κ2) is 4.63. The predicted octanol–water partition coefficient (Wildman–Crippen LogP) is 3.26. The zero-order valence-corrected chi connectivity index (χ0v) is 10.7. The van der Waals surface area contributed by atoms with Crippen LogP contribution in [0.15, 0.2) is 17.5 Å². The molecule has 1 aliphatic carbocycles. The average Bonchev–Trinajstić information content (AvgIpc) is 2.94. The van der Waals surface area contributed by atoms with Gasteiger partial charge < -0.3 is 4.74 Å². The molecule has 2 heterocycles. The molecule has 0 amide bonds. The highest BCUT2D eigenvalue weighted by Gasteiger charge is 2.13. The molecule has 0 aliphatic heterocycles. The average molecular weight is 267 g/mol. The lowest BCUT2D eigenvalue weighted by Gasteiger charge is -2.05. The van der Waals surface area contributed by atoms with Gasteiger partial charge in [0.05, 0.1) is 5.69 Å². The lowest BCUT2D eigenvalue weighted by molar-refractivity contribution is 0.289. The number of hydrogen-bond donors (Lipinski definition) is 0. The summed E-state index contributed by atoms with van der Waals surface area (Å²) in [7, 11) is 0. The third kappa shape index (κ3) is 2.42. The number of hydrogen-bond acceptors (Lipinski definition) is 4. The number of thiazole rings is 1. The standard InChI is InChI=1S/C12H11ClN2OS/c13-12-14-9(7-17-12)6-16-11-5-4-8-2-1-3-10(8)15-11/h4-5,7H,1-3,6H2. The highest BCUT2D eigenvalue weighted by Crippen LogP contribution is 2.23. The van der Waals surface area contributed by atoms with E-state index in [0.717, 1.165) is 18.5 Å². The van der Waals surface area contributed by atoms with Gasteiger partial charge in [-0.15, -0.1) is 11.3 Å². The van der Waals surface area contributed by atoms with Crippen LogP contribution in [0.2, 0.25) is 4.47 Å². The highest BCUT2D eigenvalue weighted by molar-refractivity contribution is 7.13. The van der Waals surface area contributed by atoms with E-state index < -0.39 is 0 Å². The van der Waals surface area contributed by atoms with Crippen molar-refractivity contribution in [3.63, 3.8) is 0 Å². The highest BCUT2D eigenvalue weighted by atomic mass is 35.5. The molecule has 0 aromatic carbocycles. The number of pyridine rings is 1. The van der Waals surface area contributed by atoms with Crippen LogP contribution in [0, 0.1) is 0 Å². The maximum absolute atomic E-state index is 5.76. The van der Waals surface area contributed by atoms with Crippen LogP contribution < -0.4 is 4.74 Å². The largest absolute Gasteiger partial charge is 0.471 e. The second-order valence-electron chi connectivity index (χ2n) is 3.99. The van der Waals surface area contributed by atoms with Crippen molar-refractivity contribution in [2.24, 2.45) is 0 Å². The summed E-state index contributed by atoms with van der Waals surface area (Å²) in [6, 6.07) is 4.04. The first kappa shape index (κ1) is 11.0. The van der Waals surface area contributed by atoms with E-state index in [4.69, 9.17) is 16.3 Å². The first-order chi connectivity index (χ1) is 8.31. The number of fused-ring (bicyclic) bond motifs is 1. The second-order valence-corrected chi connectivity index (χ2v) is 5.43.